The number of likely N-dealkylation sites (N-methyl/N-ethyl adjacent to an activating group) is 2. The Kier molecular flexibility index (Phi) is 9.95. The Bertz CT molecular complexity index is 2040. The number of fused-ring (bicyclic) bond motifs is 1. The van der Waals surface area contributed by atoms with E-state index in [1.54, 1.807) is 54.4 Å². The number of benzene rings is 4. The van der Waals surface area contributed by atoms with Crippen LogP contribution in [-0.4, -0.2) is 86.7 Å². The van der Waals surface area contributed by atoms with Gasteiger partial charge < -0.3 is 19.9 Å². The number of piperazine rings is 1. The predicted octanol–water partition coefficient (Wildman–Crippen LogP) is 5.38. The molecule has 2 heterocycles. The molecule has 0 atom stereocenters. The van der Waals surface area contributed by atoms with Gasteiger partial charge in [-0.1, -0.05) is 60.1 Å². The van der Waals surface area contributed by atoms with Gasteiger partial charge in [0.05, 0.1) is 33.9 Å². The Morgan fingerprint density at radius 3 is 2.33 bits per heavy atom. The van der Waals surface area contributed by atoms with Crippen LogP contribution in [-0.2, 0) is 21.4 Å². The molecule has 3 N–H and O–H groups in total. The maximum Gasteiger partial charge on any atom is 0.240 e. The van der Waals surface area contributed by atoms with E-state index >= 15 is 0 Å². The van der Waals surface area contributed by atoms with E-state index in [1.165, 1.54) is 0 Å². The number of nitrogens with zero attached hydrogens (tertiary/aromatic N) is 4. The van der Waals surface area contributed by atoms with Gasteiger partial charge >= 0.3 is 0 Å². The number of sulfonamides is 1. The van der Waals surface area contributed by atoms with Gasteiger partial charge in [-0.25, -0.2) is 18.1 Å². The van der Waals surface area contributed by atoms with Crippen molar-refractivity contribution in [2.75, 3.05) is 51.7 Å². The van der Waals surface area contributed by atoms with E-state index in [0.29, 0.717) is 39.6 Å². The molecular formula is C36H37ClN6O4S. The summed E-state index contributed by atoms with van der Waals surface area (Å²) in [5.41, 5.74) is 4.50. The molecule has 1 aliphatic rings. The van der Waals surface area contributed by atoms with Gasteiger partial charge in [0.2, 0.25) is 15.9 Å². The second kappa shape index (κ2) is 14.3. The van der Waals surface area contributed by atoms with E-state index in [9.17, 15) is 18.3 Å². The van der Waals surface area contributed by atoms with Crippen LogP contribution < -0.4 is 9.62 Å². The molecular weight excluding hydrogens is 648 g/mol. The summed E-state index contributed by atoms with van der Waals surface area (Å²) in [6.07, 6.45) is 0. The van der Waals surface area contributed by atoms with E-state index < -0.39 is 10.0 Å². The van der Waals surface area contributed by atoms with E-state index in [4.69, 9.17) is 16.6 Å². The van der Waals surface area contributed by atoms with Crippen LogP contribution in [0.15, 0.2) is 107 Å². The van der Waals surface area contributed by atoms with Crippen molar-refractivity contribution in [3.63, 3.8) is 0 Å². The molecule has 0 aliphatic carbocycles. The van der Waals surface area contributed by atoms with Crippen molar-refractivity contribution in [3.8, 4) is 5.88 Å². The number of H-pyrrole nitrogens is 1. The number of aromatic amines is 1. The average Bonchev–Trinajstić information content (AvgIpc) is 3.42. The fraction of sp³-hybridized carbons (Fsp3) is 0.222. The molecule has 0 unspecified atom stereocenters. The SMILES string of the molecule is CN1CCN(CC(=O)N(C)c2ccc(N=C(c3ccc(CNS(=O)(=O)c4ccccc4)cc3)c3c(O)[nH]c4cc(Cl)ccc34)cc2)CC1. The minimum atomic E-state index is -3.67. The number of carbonyl (C=O) groups is 1. The number of rotatable bonds is 10. The van der Waals surface area contributed by atoms with Crippen LogP contribution >= 0.6 is 11.6 Å². The number of nitrogens with one attached hydrogen (secondary N) is 2. The Hall–Kier alpha value is -4.52. The first-order chi connectivity index (χ1) is 23.1. The van der Waals surface area contributed by atoms with Crippen LogP contribution in [0.25, 0.3) is 10.9 Å². The van der Waals surface area contributed by atoms with Crippen molar-refractivity contribution in [3.05, 3.63) is 119 Å². The third-order valence-corrected chi connectivity index (χ3v) is 10.2. The number of aromatic hydroxyl groups is 1. The first-order valence-electron chi connectivity index (χ1n) is 15.6. The third-order valence-electron chi connectivity index (χ3n) is 8.53. The van der Waals surface area contributed by atoms with Crippen LogP contribution in [0, 0.1) is 0 Å². The first kappa shape index (κ1) is 33.4. The zero-order chi connectivity index (χ0) is 33.8. The molecule has 248 valence electrons. The maximum atomic E-state index is 13.0. The van der Waals surface area contributed by atoms with Crippen LogP contribution in [0.3, 0.4) is 0 Å². The molecule has 0 bridgehead atoms. The number of hydrogen-bond acceptors (Lipinski definition) is 7. The summed E-state index contributed by atoms with van der Waals surface area (Å²) in [6.45, 7) is 4.08. The van der Waals surface area contributed by atoms with Crippen molar-refractivity contribution >= 4 is 55.5 Å². The molecule has 0 spiro atoms. The van der Waals surface area contributed by atoms with Gasteiger partial charge in [0, 0.05) is 61.4 Å². The average molecular weight is 685 g/mol. The van der Waals surface area contributed by atoms with E-state index in [0.717, 1.165) is 42.8 Å². The van der Waals surface area contributed by atoms with Gasteiger partial charge in [-0.15, -0.1) is 0 Å². The van der Waals surface area contributed by atoms with Crippen LogP contribution in [0.5, 0.6) is 5.88 Å². The number of amides is 1. The van der Waals surface area contributed by atoms with Gasteiger partial charge in [0.25, 0.3) is 0 Å². The quantitative estimate of drug-likeness (QED) is 0.170. The van der Waals surface area contributed by atoms with Gasteiger partial charge in [0.1, 0.15) is 0 Å². The molecule has 1 amide bonds. The lowest BCUT2D eigenvalue weighted by Crippen LogP contribution is -2.48. The largest absolute Gasteiger partial charge is 0.494 e. The third kappa shape index (κ3) is 7.61. The molecule has 4 aromatic carbocycles. The lowest BCUT2D eigenvalue weighted by atomic mass is 9.99. The Labute approximate surface area is 285 Å². The van der Waals surface area contributed by atoms with Crippen molar-refractivity contribution in [1.29, 1.82) is 0 Å². The van der Waals surface area contributed by atoms with Gasteiger partial charge in [-0.2, -0.15) is 0 Å². The van der Waals surface area contributed by atoms with Crippen molar-refractivity contribution in [2.24, 2.45) is 4.99 Å². The number of anilines is 1. The minimum Gasteiger partial charge on any atom is -0.494 e. The molecule has 1 fully saturated rings. The molecule has 12 heteroatoms. The molecule has 1 aliphatic heterocycles. The van der Waals surface area contributed by atoms with Gasteiger partial charge in [-0.3, -0.25) is 9.69 Å². The number of aromatic nitrogens is 1. The monoisotopic (exact) mass is 684 g/mol. The zero-order valence-electron chi connectivity index (χ0n) is 26.7. The smallest absolute Gasteiger partial charge is 0.240 e. The summed E-state index contributed by atoms with van der Waals surface area (Å²) in [4.78, 5) is 27.3. The minimum absolute atomic E-state index is 0.0185. The maximum absolute atomic E-state index is 13.0. The summed E-state index contributed by atoms with van der Waals surface area (Å²) in [5.74, 6) is -0.0402. The fourth-order valence-corrected chi connectivity index (χ4v) is 6.84. The van der Waals surface area contributed by atoms with Crippen molar-refractivity contribution < 1.29 is 18.3 Å². The first-order valence-corrected chi connectivity index (χ1v) is 17.4. The summed E-state index contributed by atoms with van der Waals surface area (Å²) in [7, 11) is 0.196. The molecule has 10 nitrogen and oxygen atoms in total. The molecule has 0 saturated carbocycles. The number of hydrogen-bond donors (Lipinski definition) is 3. The lowest BCUT2D eigenvalue weighted by Gasteiger charge is -2.32. The summed E-state index contributed by atoms with van der Waals surface area (Å²) in [6, 6.07) is 28.3. The Balaban J connectivity index is 1.27. The highest BCUT2D eigenvalue weighted by atomic mass is 35.5. The van der Waals surface area contributed by atoms with Crippen LogP contribution in [0.2, 0.25) is 5.02 Å². The predicted molar refractivity (Wildman–Crippen MR) is 191 cm³/mol. The zero-order valence-corrected chi connectivity index (χ0v) is 28.3. The molecule has 48 heavy (non-hydrogen) atoms. The van der Waals surface area contributed by atoms with E-state index in [-0.39, 0.29) is 23.2 Å². The van der Waals surface area contributed by atoms with Crippen LogP contribution in [0.4, 0.5) is 11.4 Å². The van der Waals surface area contributed by atoms with E-state index in [2.05, 4.69) is 26.6 Å². The number of aliphatic imine (C=N–C) groups is 1. The highest BCUT2D eigenvalue weighted by Gasteiger charge is 2.21. The molecule has 6 rings (SSSR count). The highest BCUT2D eigenvalue weighted by molar-refractivity contribution is 7.89. The second-order valence-corrected chi connectivity index (χ2v) is 14.1. The molecule has 0 radical (unpaired) electrons. The van der Waals surface area contributed by atoms with Crippen molar-refractivity contribution in [2.45, 2.75) is 11.4 Å². The Morgan fingerprint density at radius 2 is 1.65 bits per heavy atom. The molecule has 1 aromatic heterocycles. The summed E-state index contributed by atoms with van der Waals surface area (Å²) >= 11 is 6.23. The number of halogens is 1. The topological polar surface area (TPSA) is 121 Å². The van der Waals surface area contributed by atoms with E-state index in [1.807, 2.05) is 54.6 Å². The second-order valence-electron chi connectivity index (χ2n) is 11.9. The Morgan fingerprint density at radius 1 is 0.958 bits per heavy atom. The van der Waals surface area contributed by atoms with Gasteiger partial charge in [0.15, 0.2) is 5.88 Å². The summed E-state index contributed by atoms with van der Waals surface area (Å²) in [5, 5.41) is 12.4. The number of carbonyl (C=O) groups excluding carboxylic acids is 1. The lowest BCUT2D eigenvalue weighted by molar-refractivity contribution is -0.119. The van der Waals surface area contributed by atoms with Crippen LogP contribution in [0.1, 0.15) is 16.7 Å². The normalized spacial score (nSPS) is 14.8. The molecule has 5 aromatic rings. The highest BCUT2D eigenvalue weighted by Crippen LogP contribution is 2.33. The molecule has 1 saturated heterocycles. The standard InChI is InChI=1S/C36H37ClN6O4S/c1-41-18-20-43(21-19-41)24-33(44)42(2)29-15-13-28(14-16-29)39-35(34-31-17-12-27(37)22-32(31)40-36(34)45)26-10-8-25(9-11-26)23-38-48(46,47)30-6-4-3-5-7-30/h3-17,22,38,40,45H,18-21,23-24H2,1-2H3. The summed E-state index contributed by atoms with van der Waals surface area (Å²) < 4.78 is 28.1. The van der Waals surface area contributed by atoms with Gasteiger partial charge in [-0.05, 0) is 61.1 Å². The van der Waals surface area contributed by atoms with Crippen molar-refractivity contribution in [1.82, 2.24) is 19.5 Å². The fourth-order valence-electron chi connectivity index (χ4n) is 5.63.